The number of rotatable bonds is 4. The van der Waals surface area contributed by atoms with E-state index in [9.17, 15) is 22.1 Å². The minimum atomic E-state index is -5.02. The van der Waals surface area contributed by atoms with E-state index in [4.69, 9.17) is 4.74 Å². The fraction of sp³-hybridized carbons (Fsp3) is 0.389. The lowest BCUT2D eigenvalue weighted by Gasteiger charge is -2.33. The highest BCUT2D eigenvalue weighted by Crippen LogP contribution is 2.42. The van der Waals surface area contributed by atoms with E-state index < -0.39 is 39.6 Å². The SMILES string of the molecule is CC(C)(C)[S+]([O-])NC1(c2ccc(OC(F)(F)F)c(F)c2)COc2cccnc21. The molecule has 10 heteroatoms. The first-order valence-electron chi connectivity index (χ1n) is 8.26. The number of fused-ring (bicyclic) bond motifs is 1. The number of halogens is 4. The number of hydrogen-bond donors (Lipinski definition) is 1. The van der Waals surface area contributed by atoms with E-state index in [0.29, 0.717) is 11.4 Å². The van der Waals surface area contributed by atoms with Crippen molar-refractivity contribution in [3.63, 3.8) is 0 Å². The molecule has 2 aromatic rings. The molecule has 152 valence electrons. The zero-order chi connectivity index (χ0) is 20.7. The summed E-state index contributed by atoms with van der Waals surface area (Å²) < 4.78 is 76.1. The Morgan fingerprint density at radius 3 is 2.57 bits per heavy atom. The van der Waals surface area contributed by atoms with E-state index in [0.717, 1.165) is 12.1 Å². The molecule has 1 aliphatic rings. The van der Waals surface area contributed by atoms with Gasteiger partial charge in [-0.05, 0) is 50.6 Å². The summed E-state index contributed by atoms with van der Waals surface area (Å²) in [5.74, 6) is -1.75. The minimum absolute atomic E-state index is 0.0555. The second kappa shape index (κ2) is 7.09. The molecular weight excluding hydrogens is 400 g/mol. The minimum Gasteiger partial charge on any atom is -0.598 e. The van der Waals surface area contributed by atoms with Crippen molar-refractivity contribution >= 4 is 11.4 Å². The normalized spacial score (nSPS) is 20.4. The van der Waals surface area contributed by atoms with Crippen molar-refractivity contribution in [1.29, 1.82) is 0 Å². The molecule has 1 aliphatic heterocycles. The van der Waals surface area contributed by atoms with Crippen molar-refractivity contribution in [1.82, 2.24) is 9.71 Å². The maximum atomic E-state index is 14.4. The van der Waals surface area contributed by atoms with Crippen molar-refractivity contribution in [2.24, 2.45) is 0 Å². The van der Waals surface area contributed by atoms with Gasteiger partial charge in [-0.25, -0.2) is 4.39 Å². The third-order valence-electron chi connectivity index (χ3n) is 4.09. The molecule has 3 rings (SSSR count). The highest BCUT2D eigenvalue weighted by atomic mass is 32.2. The quantitative estimate of drug-likeness (QED) is 0.604. The van der Waals surface area contributed by atoms with Gasteiger partial charge in [0.05, 0.1) is 0 Å². The fourth-order valence-electron chi connectivity index (χ4n) is 2.72. The highest BCUT2D eigenvalue weighted by molar-refractivity contribution is 7.90. The highest BCUT2D eigenvalue weighted by Gasteiger charge is 2.49. The van der Waals surface area contributed by atoms with E-state index in [1.807, 2.05) is 0 Å². The summed E-state index contributed by atoms with van der Waals surface area (Å²) in [6, 6.07) is 6.35. The van der Waals surface area contributed by atoms with Gasteiger partial charge in [-0.3, -0.25) is 4.98 Å². The molecule has 0 amide bonds. The lowest BCUT2D eigenvalue weighted by molar-refractivity contribution is -0.275. The number of nitrogens with one attached hydrogen (secondary N) is 1. The smallest absolute Gasteiger partial charge is 0.573 e. The topological polar surface area (TPSA) is 66.4 Å². The largest absolute Gasteiger partial charge is 0.598 e. The van der Waals surface area contributed by atoms with E-state index in [1.165, 1.54) is 12.3 Å². The number of alkyl halides is 3. The molecule has 0 saturated carbocycles. The molecule has 1 N–H and O–H groups in total. The Labute approximate surface area is 162 Å². The van der Waals surface area contributed by atoms with E-state index in [2.05, 4.69) is 14.4 Å². The average molecular weight is 418 g/mol. The van der Waals surface area contributed by atoms with Gasteiger partial charge < -0.3 is 14.0 Å². The van der Waals surface area contributed by atoms with Crippen LogP contribution in [0.2, 0.25) is 0 Å². The standard InChI is InChI=1S/C18H18F4N2O3S/c1-16(2,3)28(25)24-17(10-26-14-5-4-8-23-15(14)17)11-6-7-13(12(19)9-11)27-18(20,21)22/h4-9,24H,10H2,1-3H3. The van der Waals surface area contributed by atoms with Gasteiger partial charge in [-0.1, -0.05) is 6.07 Å². The average Bonchev–Trinajstić information content (AvgIpc) is 2.95. The second-order valence-electron chi connectivity index (χ2n) is 7.22. The molecule has 0 spiro atoms. The molecule has 0 saturated heterocycles. The van der Waals surface area contributed by atoms with Gasteiger partial charge in [0.1, 0.15) is 22.8 Å². The van der Waals surface area contributed by atoms with Gasteiger partial charge in [-0.15, -0.1) is 17.9 Å². The number of pyridine rings is 1. The maximum Gasteiger partial charge on any atom is 0.573 e. The molecule has 0 aliphatic carbocycles. The maximum absolute atomic E-state index is 14.4. The molecule has 0 fully saturated rings. The van der Waals surface area contributed by atoms with Crippen LogP contribution >= 0.6 is 0 Å². The predicted octanol–water partition coefficient (Wildman–Crippen LogP) is 3.81. The van der Waals surface area contributed by atoms with Gasteiger partial charge in [0.15, 0.2) is 17.1 Å². The number of aromatic nitrogens is 1. The molecule has 28 heavy (non-hydrogen) atoms. The Hall–Kier alpha value is -2.04. The van der Waals surface area contributed by atoms with Crippen LogP contribution in [0.4, 0.5) is 17.6 Å². The monoisotopic (exact) mass is 418 g/mol. The summed E-state index contributed by atoms with van der Waals surface area (Å²) in [6.07, 6.45) is -3.52. The van der Waals surface area contributed by atoms with E-state index in [1.54, 1.807) is 32.9 Å². The van der Waals surface area contributed by atoms with Gasteiger partial charge in [-0.2, -0.15) is 0 Å². The van der Waals surface area contributed by atoms with Crippen LogP contribution in [-0.2, 0) is 16.9 Å². The number of ether oxygens (including phenoxy) is 2. The number of nitrogens with zero attached hydrogens (tertiary/aromatic N) is 1. The van der Waals surface area contributed by atoms with Gasteiger partial charge >= 0.3 is 6.36 Å². The fourth-order valence-corrected chi connectivity index (χ4v) is 3.62. The summed E-state index contributed by atoms with van der Waals surface area (Å²) in [5, 5.41) is 0. The van der Waals surface area contributed by atoms with Crippen LogP contribution in [0, 0.1) is 5.82 Å². The van der Waals surface area contributed by atoms with Gasteiger partial charge in [0, 0.05) is 17.6 Å². The summed E-state index contributed by atoms with van der Waals surface area (Å²) in [5.41, 5.74) is -0.710. The molecule has 5 nitrogen and oxygen atoms in total. The van der Waals surface area contributed by atoms with Crippen LogP contribution in [0.5, 0.6) is 11.5 Å². The molecule has 2 heterocycles. The Balaban J connectivity index is 2.08. The molecule has 0 bridgehead atoms. The van der Waals surface area contributed by atoms with E-state index in [-0.39, 0.29) is 12.2 Å². The third-order valence-corrected chi connectivity index (χ3v) is 5.74. The summed E-state index contributed by atoms with van der Waals surface area (Å²) in [4.78, 5) is 4.28. The summed E-state index contributed by atoms with van der Waals surface area (Å²) in [7, 11) is 0. The van der Waals surface area contributed by atoms with Crippen molar-refractivity contribution in [2.75, 3.05) is 6.61 Å². The number of hydrogen-bond acceptors (Lipinski definition) is 5. The molecule has 2 atom stereocenters. The second-order valence-corrected chi connectivity index (χ2v) is 9.19. The molecule has 1 aromatic heterocycles. The first kappa shape index (κ1) is 20.7. The first-order chi connectivity index (χ1) is 12.9. The Kier molecular flexibility index (Phi) is 5.24. The first-order valence-corrected chi connectivity index (χ1v) is 9.41. The van der Waals surface area contributed by atoms with Gasteiger partial charge in [0.2, 0.25) is 0 Å². The van der Waals surface area contributed by atoms with Crippen LogP contribution in [0.1, 0.15) is 32.0 Å². The zero-order valence-corrected chi connectivity index (χ0v) is 16.1. The van der Waals surface area contributed by atoms with Gasteiger partial charge in [0.25, 0.3) is 0 Å². The Morgan fingerprint density at radius 1 is 1.25 bits per heavy atom. The lowest BCUT2D eigenvalue weighted by atomic mass is 9.89. The van der Waals surface area contributed by atoms with Crippen molar-refractivity contribution in [3.05, 3.63) is 53.6 Å². The molecule has 1 aromatic carbocycles. The van der Waals surface area contributed by atoms with E-state index >= 15 is 0 Å². The predicted molar refractivity (Wildman–Crippen MR) is 94.6 cm³/mol. The Bertz CT molecular complexity index is 873. The van der Waals surface area contributed by atoms with Crippen molar-refractivity contribution in [3.8, 4) is 11.5 Å². The summed E-state index contributed by atoms with van der Waals surface area (Å²) in [6.45, 7) is 5.19. The van der Waals surface area contributed by atoms with Crippen LogP contribution in [0.3, 0.4) is 0 Å². The lowest BCUT2D eigenvalue weighted by Crippen LogP contribution is -2.53. The molecule has 0 radical (unpaired) electrons. The van der Waals surface area contributed by atoms with Crippen molar-refractivity contribution < 1.29 is 31.6 Å². The number of benzene rings is 1. The van der Waals surface area contributed by atoms with Crippen LogP contribution in [-0.4, -0.2) is 27.3 Å². The van der Waals surface area contributed by atoms with Crippen LogP contribution in [0.25, 0.3) is 0 Å². The van der Waals surface area contributed by atoms with Crippen LogP contribution < -0.4 is 14.2 Å². The molecule has 2 unspecified atom stereocenters. The Morgan fingerprint density at radius 2 is 1.96 bits per heavy atom. The van der Waals surface area contributed by atoms with Crippen LogP contribution in [0.15, 0.2) is 36.5 Å². The van der Waals surface area contributed by atoms with Crippen molar-refractivity contribution in [2.45, 2.75) is 37.4 Å². The summed E-state index contributed by atoms with van der Waals surface area (Å²) >= 11 is -1.61. The molecular formula is C18H18F4N2O3S. The third kappa shape index (κ3) is 4.03. The zero-order valence-electron chi connectivity index (χ0n) is 15.3.